The van der Waals surface area contributed by atoms with Gasteiger partial charge in [0.15, 0.2) is 11.2 Å². The van der Waals surface area contributed by atoms with Crippen molar-refractivity contribution in [1.82, 2.24) is 19.1 Å². The number of aromatic nitrogens is 4. The van der Waals surface area contributed by atoms with E-state index in [9.17, 15) is 9.59 Å². The Balaban J connectivity index is 2.97. The van der Waals surface area contributed by atoms with Crippen molar-refractivity contribution in [3.63, 3.8) is 0 Å². The lowest BCUT2D eigenvalue weighted by Gasteiger charge is -2.07. The van der Waals surface area contributed by atoms with E-state index in [1.807, 2.05) is 0 Å². The van der Waals surface area contributed by atoms with Gasteiger partial charge < -0.3 is 0 Å². The van der Waals surface area contributed by atoms with Crippen LogP contribution in [0.5, 0.6) is 0 Å². The van der Waals surface area contributed by atoms with Gasteiger partial charge >= 0.3 is 5.69 Å². The van der Waals surface area contributed by atoms with Gasteiger partial charge in [0.1, 0.15) is 3.74 Å². The molecule has 0 saturated heterocycles. The first-order valence-corrected chi connectivity index (χ1v) is 6.47. The van der Waals surface area contributed by atoms with Gasteiger partial charge in [-0.3, -0.25) is 13.9 Å². The van der Waals surface area contributed by atoms with E-state index in [4.69, 9.17) is 0 Å². The minimum absolute atomic E-state index is 0.177. The summed E-state index contributed by atoms with van der Waals surface area (Å²) in [4.78, 5) is 31.8. The van der Waals surface area contributed by atoms with Crippen molar-refractivity contribution in [2.45, 2.75) is 3.74 Å². The molecule has 0 aliphatic carbocycles. The molecular weight excluding hydrogens is 356 g/mol. The molecule has 2 aromatic rings. The third-order valence-electron chi connectivity index (χ3n) is 2.39. The number of aryl methyl sites for hydroxylation is 1. The summed E-state index contributed by atoms with van der Waals surface area (Å²) in [6.07, 6.45) is 1.51. The van der Waals surface area contributed by atoms with Crippen LogP contribution in [0, 0.1) is 0 Å². The number of alkyl halides is 2. The van der Waals surface area contributed by atoms with Crippen molar-refractivity contribution in [3.8, 4) is 0 Å². The molecule has 6 nitrogen and oxygen atoms in total. The zero-order valence-electron chi connectivity index (χ0n) is 9.02. The fourth-order valence-corrected chi connectivity index (χ4v) is 1.89. The standard InChI is InChI=1S/C9H8Br2N4O2/c1-14-7-5(8(16)15(2)9(14)17)13-4(3-12-7)6(10)11/h3,6H,1-2H3. The van der Waals surface area contributed by atoms with Crippen LogP contribution in [-0.2, 0) is 14.1 Å². The van der Waals surface area contributed by atoms with Crippen molar-refractivity contribution in [3.05, 3.63) is 32.7 Å². The quantitative estimate of drug-likeness (QED) is 0.703. The Morgan fingerprint density at radius 2 is 1.88 bits per heavy atom. The second-order valence-corrected chi connectivity index (χ2v) is 6.53. The summed E-state index contributed by atoms with van der Waals surface area (Å²) in [5.41, 5.74) is 0.170. The molecule has 0 aliphatic rings. The van der Waals surface area contributed by atoms with Crippen molar-refractivity contribution >= 4 is 43.0 Å². The SMILES string of the molecule is Cn1c(=O)c2nc(C(Br)Br)cnc2n(C)c1=O. The average molecular weight is 364 g/mol. The normalized spacial score (nSPS) is 11.4. The highest BCUT2D eigenvalue weighted by atomic mass is 79.9. The van der Waals surface area contributed by atoms with Crippen LogP contribution in [0.25, 0.3) is 11.2 Å². The third kappa shape index (κ3) is 1.95. The first kappa shape index (κ1) is 12.4. The van der Waals surface area contributed by atoms with E-state index in [-0.39, 0.29) is 14.9 Å². The molecule has 0 atom stereocenters. The first-order chi connectivity index (χ1) is 7.93. The molecule has 0 spiro atoms. The summed E-state index contributed by atoms with van der Waals surface area (Å²) in [6.45, 7) is 0. The Labute approximate surface area is 113 Å². The lowest BCUT2D eigenvalue weighted by Crippen LogP contribution is -2.37. The summed E-state index contributed by atoms with van der Waals surface area (Å²) >= 11 is 6.56. The van der Waals surface area contributed by atoms with E-state index < -0.39 is 11.2 Å². The van der Waals surface area contributed by atoms with Gasteiger partial charge in [0.05, 0.1) is 11.9 Å². The average Bonchev–Trinajstić information content (AvgIpc) is 2.32. The fourth-order valence-electron chi connectivity index (χ4n) is 1.45. The molecular formula is C9H8Br2N4O2. The van der Waals surface area contributed by atoms with E-state index in [2.05, 4.69) is 41.8 Å². The third-order valence-corrected chi connectivity index (χ3v) is 3.33. The van der Waals surface area contributed by atoms with Gasteiger partial charge in [0, 0.05) is 14.1 Å². The van der Waals surface area contributed by atoms with Gasteiger partial charge in [-0.2, -0.15) is 0 Å². The maximum absolute atomic E-state index is 11.9. The Morgan fingerprint density at radius 1 is 1.24 bits per heavy atom. The summed E-state index contributed by atoms with van der Waals surface area (Å²) in [5.74, 6) is 0. The summed E-state index contributed by atoms with van der Waals surface area (Å²) < 4.78 is 2.12. The molecule has 0 N–H and O–H groups in total. The smallest absolute Gasteiger partial charge is 0.279 e. The number of rotatable bonds is 1. The van der Waals surface area contributed by atoms with E-state index in [0.29, 0.717) is 5.69 Å². The van der Waals surface area contributed by atoms with Crippen molar-refractivity contribution in [1.29, 1.82) is 0 Å². The van der Waals surface area contributed by atoms with Crippen molar-refractivity contribution < 1.29 is 0 Å². The first-order valence-electron chi connectivity index (χ1n) is 4.64. The van der Waals surface area contributed by atoms with Crippen LogP contribution in [0.15, 0.2) is 15.8 Å². The lowest BCUT2D eigenvalue weighted by atomic mass is 10.4. The number of fused-ring (bicyclic) bond motifs is 1. The second-order valence-electron chi connectivity index (χ2n) is 3.47. The zero-order chi connectivity index (χ0) is 12.7. The fraction of sp³-hybridized carbons (Fsp3) is 0.333. The van der Waals surface area contributed by atoms with Crippen molar-refractivity contribution in [2.75, 3.05) is 0 Å². The van der Waals surface area contributed by atoms with Crippen LogP contribution in [0.3, 0.4) is 0 Å². The van der Waals surface area contributed by atoms with Gasteiger partial charge in [-0.15, -0.1) is 0 Å². The predicted molar refractivity (Wildman–Crippen MR) is 70.6 cm³/mol. The maximum Gasteiger partial charge on any atom is 0.332 e. The number of hydrogen-bond acceptors (Lipinski definition) is 4. The molecule has 0 radical (unpaired) electrons. The minimum atomic E-state index is -0.446. The summed E-state index contributed by atoms with van der Waals surface area (Å²) in [6, 6.07) is 0. The molecule has 0 fully saturated rings. The molecule has 0 unspecified atom stereocenters. The van der Waals surface area contributed by atoms with Crippen LogP contribution >= 0.6 is 31.9 Å². The Bertz CT molecular complexity index is 704. The molecule has 0 aromatic carbocycles. The largest absolute Gasteiger partial charge is 0.332 e. The van der Waals surface area contributed by atoms with Gasteiger partial charge in [-0.25, -0.2) is 14.8 Å². The van der Waals surface area contributed by atoms with E-state index in [1.54, 1.807) is 7.05 Å². The van der Waals surface area contributed by atoms with Crippen LogP contribution in [0.4, 0.5) is 0 Å². The van der Waals surface area contributed by atoms with Crippen LogP contribution in [0.2, 0.25) is 0 Å². The van der Waals surface area contributed by atoms with E-state index >= 15 is 0 Å². The topological polar surface area (TPSA) is 69.8 Å². The number of hydrogen-bond donors (Lipinski definition) is 0. The monoisotopic (exact) mass is 362 g/mol. The van der Waals surface area contributed by atoms with Crippen LogP contribution < -0.4 is 11.2 Å². The van der Waals surface area contributed by atoms with E-state index in [0.717, 1.165) is 4.57 Å². The molecule has 17 heavy (non-hydrogen) atoms. The Kier molecular flexibility index (Phi) is 3.17. The molecule has 90 valence electrons. The Hall–Kier alpha value is -1.02. The van der Waals surface area contributed by atoms with Gasteiger partial charge in [0.25, 0.3) is 5.56 Å². The number of halogens is 2. The lowest BCUT2D eigenvalue weighted by molar-refractivity contribution is 0.703. The van der Waals surface area contributed by atoms with E-state index in [1.165, 1.54) is 17.8 Å². The number of nitrogens with zero attached hydrogens (tertiary/aromatic N) is 4. The molecule has 2 aromatic heterocycles. The second kappa shape index (κ2) is 4.34. The zero-order valence-corrected chi connectivity index (χ0v) is 12.2. The predicted octanol–water partition coefficient (Wildman–Crippen LogP) is 0.816. The highest BCUT2D eigenvalue weighted by molar-refractivity contribution is 9.24. The highest BCUT2D eigenvalue weighted by Gasteiger charge is 2.13. The molecule has 8 heteroatoms. The summed E-state index contributed by atoms with van der Waals surface area (Å²) in [5, 5.41) is 0. The molecule has 2 rings (SSSR count). The van der Waals surface area contributed by atoms with Gasteiger partial charge in [-0.05, 0) is 0 Å². The molecule has 0 amide bonds. The maximum atomic E-state index is 11.9. The van der Waals surface area contributed by atoms with Crippen molar-refractivity contribution in [2.24, 2.45) is 14.1 Å². The molecule has 0 aliphatic heterocycles. The van der Waals surface area contributed by atoms with Crippen LogP contribution in [0.1, 0.15) is 9.43 Å². The summed E-state index contributed by atoms with van der Waals surface area (Å²) in [7, 11) is 2.97. The molecule has 0 saturated carbocycles. The molecule has 0 bridgehead atoms. The van der Waals surface area contributed by atoms with Gasteiger partial charge in [-0.1, -0.05) is 31.9 Å². The van der Waals surface area contributed by atoms with Crippen LogP contribution in [-0.4, -0.2) is 19.1 Å². The highest BCUT2D eigenvalue weighted by Crippen LogP contribution is 2.27. The minimum Gasteiger partial charge on any atom is -0.279 e. The molecule has 2 heterocycles. The van der Waals surface area contributed by atoms with Gasteiger partial charge in [0.2, 0.25) is 0 Å². The Morgan fingerprint density at radius 3 is 2.47 bits per heavy atom.